The molecule has 6 heteroatoms. The minimum Gasteiger partial charge on any atom is -0.481 e. The zero-order chi connectivity index (χ0) is 10.4. The van der Waals surface area contributed by atoms with E-state index in [2.05, 4.69) is 27.6 Å². The van der Waals surface area contributed by atoms with Crippen LogP contribution in [-0.2, 0) is 9.59 Å². The number of ketones is 1. The largest absolute Gasteiger partial charge is 0.481 e. The normalized spacial score (nSPS) is 20.1. The van der Waals surface area contributed by atoms with Crippen LogP contribution in [-0.4, -0.2) is 27.0 Å². The Morgan fingerprint density at radius 1 is 1.69 bits per heavy atom. The Kier molecular flexibility index (Phi) is 6.47. The summed E-state index contributed by atoms with van der Waals surface area (Å²) < 4.78 is 0.661. The first-order valence-corrected chi connectivity index (χ1v) is 5.54. The smallest absolute Gasteiger partial charge is 0.300 e. The van der Waals surface area contributed by atoms with Crippen LogP contribution in [0, 0.1) is 0 Å². The van der Waals surface area contributed by atoms with Gasteiger partial charge in [-0.3, -0.25) is 14.6 Å². The highest BCUT2D eigenvalue weighted by Crippen LogP contribution is 2.17. The molecule has 0 bridgehead atoms. The molecule has 0 fully saturated rings. The number of hydrogen-bond acceptors (Lipinski definition) is 3. The lowest BCUT2D eigenvalue weighted by Gasteiger charge is -2.04. The van der Waals surface area contributed by atoms with Crippen molar-refractivity contribution in [1.82, 2.24) is 0 Å². The van der Waals surface area contributed by atoms with Crippen LogP contribution < -0.4 is 0 Å². The van der Waals surface area contributed by atoms with Crippen molar-refractivity contribution in [3.63, 3.8) is 0 Å². The number of carbonyl (C=O) groups excluding carboxylic acids is 1. The maximum Gasteiger partial charge on any atom is 0.300 e. The lowest BCUT2D eigenvalue weighted by Crippen LogP contribution is -2.17. The summed E-state index contributed by atoms with van der Waals surface area (Å²) in [4.78, 5) is 23.8. The number of aliphatic carboxylic acids is 1. The minimum atomic E-state index is -0.833. The van der Waals surface area contributed by atoms with Gasteiger partial charge in [0.25, 0.3) is 5.97 Å². The van der Waals surface area contributed by atoms with Gasteiger partial charge in [-0.2, -0.15) is 0 Å². The van der Waals surface area contributed by atoms with Crippen LogP contribution in [0.4, 0.5) is 0 Å². The molecule has 0 saturated carbocycles. The number of rotatable bonds is 0. The summed E-state index contributed by atoms with van der Waals surface area (Å²) in [5.74, 6) is -0.675. The Labute approximate surface area is 103 Å². The molecular weight excluding hydrogens is 400 g/mol. The van der Waals surface area contributed by atoms with E-state index in [9.17, 15) is 4.79 Å². The van der Waals surface area contributed by atoms with Gasteiger partial charge in [0.05, 0.1) is 3.58 Å². The third-order valence-corrected chi connectivity index (χ3v) is 2.59. The predicted molar refractivity (Wildman–Crippen MR) is 66.7 cm³/mol. The molecule has 72 valence electrons. The first-order valence-electron chi connectivity index (χ1n) is 3.22. The summed E-state index contributed by atoms with van der Waals surface area (Å²) in [5.41, 5.74) is 0. The maximum absolute atomic E-state index is 11.0. The predicted octanol–water partition coefficient (Wildman–Crippen LogP) is 1.81. The van der Waals surface area contributed by atoms with E-state index in [-0.39, 0.29) is 9.71 Å². The van der Waals surface area contributed by atoms with Gasteiger partial charge in [-0.1, -0.05) is 22.6 Å². The molecule has 1 aliphatic heterocycles. The van der Waals surface area contributed by atoms with E-state index in [0.29, 0.717) is 0 Å². The highest BCUT2D eigenvalue weighted by Gasteiger charge is 2.17. The van der Waals surface area contributed by atoms with E-state index in [4.69, 9.17) is 9.90 Å². The fraction of sp³-hybridized carbons (Fsp3) is 0.286. The molecule has 0 amide bonds. The van der Waals surface area contributed by atoms with Crippen LogP contribution >= 0.6 is 45.2 Å². The number of nitrogens with zero attached hydrogens (tertiary/aromatic N) is 1. The summed E-state index contributed by atoms with van der Waals surface area (Å²) in [6.45, 7) is 1.08. The van der Waals surface area contributed by atoms with E-state index in [1.165, 1.54) is 0 Å². The maximum atomic E-state index is 11.0. The summed E-state index contributed by atoms with van der Waals surface area (Å²) >= 11 is 4.04. The van der Waals surface area contributed by atoms with Gasteiger partial charge < -0.3 is 5.11 Å². The average molecular weight is 407 g/mol. The van der Waals surface area contributed by atoms with Gasteiger partial charge in [0.1, 0.15) is 3.92 Å². The molecule has 0 spiro atoms. The first-order chi connectivity index (χ1) is 5.95. The monoisotopic (exact) mass is 407 g/mol. The minimum absolute atomic E-state index is 0.0560. The van der Waals surface area contributed by atoms with Crippen LogP contribution in [0.1, 0.15) is 6.92 Å². The molecule has 1 rings (SSSR count). The summed E-state index contributed by atoms with van der Waals surface area (Å²) in [5, 5.41) is 7.42. The second-order valence-corrected chi connectivity index (χ2v) is 4.56. The van der Waals surface area contributed by atoms with Crippen LogP contribution in [0.2, 0.25) is 0 Å². The molecule has 1 N–H and O–H groups in total. The van der Waals surface area contributed by atoms with Crippen molar-refractivity contribution >= 4 is 63.1 Å². The SMILES string of the molecule is CC(=O)O.O=C1C(I)=CN=CC1I. The third-order valence-electron chi connectivity index (χ3n) is 0.891. The fourth-order valence-corrected chi connectivity index (χ4v) is 2.06. The summed E-state index contributed by atoms with van der Waals surface area (Å²) in [6.07, 6.45) is 3.23. The Morgan fingerprint density at radius 2 is 2.15 bits per heavy atom. The molecular formula is C7H7I2NO3. The van der Waals surface area contributed by atoms with Crippen molar-refractivity contribution in [3.05, 3.63) is 9.78 Å². The lowest BCUT2D eigenvalue weighted by molar-refractivity contribution is -0.134. The van der Waals surface area contributed by atoms with Crippen LogP contribution in [0.3, 0.4) is 0 Å². The topological polar surface area (TPSA) is 66.7 Å². The lowest BCUT2D eigenvalue weighted by atomic mass is 10.3. The van der Waals surface area contributed by atoms with Gasteiger partial charge in [0.2, 0.25) is 0 Å². The Morgan fingerprint density at radius 3 is 2.46 bits per heavy atom. The van der Waals surface area contributed by atoms with Crippen molar-refractivity contribution in [2.75, 3.05) is 0 Å². The van der Waals surface area contributed by atoms with Crippen LogP contribution in [0.15, 0.2) is 14.8 Å². The molecule has 0 aliphatic carbocycles. The highest BCUT2D eigenvalue weighted by molar-refractivity contribution is 14.1. The standard InChI is InChI=1S/C5H3I2NO.C2H4O2/c6-3-1-8-2-4(7)5(3)9;1-2(3)4/h1-3H;1H3,(H,3,4). The fourth-order valence-electron chi connectivity index (χ4n) is 0.447. The molecule has 0 saturated heterocycles. The molecule has 0 aromatic heterocycles. The second-order valence-electron chi connectivity index (χ2n) is 2.06. The van der Waals surface area contributed by atoms with E-state index >= 15 is 0 Å². The van der Waals surface area contributed by atoms with Gasteiger partial charge in [0.15, 0.2) is 5.78 Å². The molecule has 13 heavy (non-hydrogen) atoms. The van der Waals surface area contributed by atoms with Crippen molar-refractivity contribution in [2.24, 2.45) is 4.99 Å². The van der Waals surface area contributed by atoms with Crippen LogP contribution in [0.5, 0.6) is 0 Å². The van der Waals surface area contributed by atoms with E-state index in [1.54, 1.807) is 12.4 Å². The number of allylic oxidation sites excluding steroid dienone is 1. The van der Waals surface area contributed by atoms with Crippen molar-refractivity contribution < 1.29 is 14.7 Å². The average Bonchev–Trinajstić information content (AvgIpc) is 1.99. The number of hydrogen-bond donors (Lipinski definition) is 1. The number of aliphatic imine (C=N–C) groups is 1. The Balaban J connectivity index is 0.000000310. The molecule has 1 atom stereocenters. The molecule has 0 aromatic rings. The van der Waals surface area contributed by atoms with Crippen molar-refractivity contribution in [1.29, 1.82) is 0 Å². The number of carboxylic acid groups (broad SMARTS) is 1. The van der Waals surface area contributed by atoms with E-state index in [0.717, 1.165) is 10.5 Å². The van der Waals surface area contributed by atoms with Crippen molar-refractivity contribution in [2.45, 2.75) is 10.8 Å². The second kappa shape index (κ2) is 6.46. The third kappa shape index (κ3) is 6.13. The summed E-state index contributed by atoms with van der Waals surface area (Å²) in [6, 6.07) is 0. The highest BCUT2D eigenvalue weighted by atomic mass is 127. The number of halogens is 2. The number of carboxylic acids is 1. The van der Waals surface area contributed by atoms with Gasteiger partial charge in [-0.05, 0) is 22.6 Å². The van der Waals surface area contributed by atoms with Gasteiger partial charge >= 0.3 is 0 Å². The Hall–Kier alpha value is 0.01000. The van der Waals surface area contributed by atoms with Gasteiger partial charge in [0, 0.05) is 19.3 Å². The molecule has 1 aliphatic rings. The number of carbonyl (C=O) groups is 2. The molecule has 1 unspecified atom stereocenters. The molecule has 0 aromatic carbocycles. The summed E-state index contributed by atoms with van der Waals surface area (Å²) in [7, 11) is 0. The van der Waals surface area contributed by atoms with E-state index < -0.39 is 5.97 Å². The first kappa shape index (κ1) is 13.0. The Bertz CT molecular complexity index is 269. The zero-order valence-corrected chi connectivity index (χ0v) is 11.0. The molecule has 0 radical (unpaired) electrons. The van der Waals surface area contributed by atoms with Gasteiger partial charge in [-0.25, -0.2) is 0 Å². The quantitative estimate of drug-likeness (QED) is 0.493. The van der Waals surface area contributed by atoms with E-state index in [1.807, 2.05) is 22.6 Å². The number of alkyl halides is 1. The van der Waals surface area contributed by atoms with Crippen molar-refractivity contribution in [3.8, 4) is 0 Å². The van der Waals surface area contributed by atoms with Gasteiger partial charge in [-0.15, -0.1) is 0 Å². The molecule has 1 heterocycles. The molecule has 4 nitrogen and oxygen atoms in total. The number of Topliss-reactive ketones (excluding diaryl/α,β-unsaturated/α-hetero) is 1. The van der Waals surface area contributed by atoms with Crippen LogP contribution in [0.25, 0.3) is 0 Å². The zero-order valence-electron chi connectivity index (χ0n) is 6.70.